The van der Waals surface area contributed by atoms with Crippen molar-refractivity contribution >= 4 is 33.5 Å². The number of hydrogen-bond donors (Lipinski definition) is 2. The molecule has 4 heteroatoms. The lowest BCUT2D eigenvalue weighted by atomic mass is 10.1. The molecule has 0 radical (unpaired) electrons. The van der Waals surface area contributed by atoms with E-state index in [4.69, 9.17) is 5.73 Å². The van der Waals surface area contributed by atoms with Crippen molar-refractivity contribution in [3.8, 4) is 0 Å². The normalized spacial score (nSPS) is 11.1. The molecule has 1 aromatic heterocycles. The van der Waals surface area contributed by atoms with Crippen molar-refractivity contribution in [2.45, 2.75) is 12.8 Å². The largest absolute Gasteiger partial charge is 0.355 e. The van der Waals surface area contributed by atoms with Crippen LogP contribution in [0.2, 0.25) is 0 Å². The second-order valence-electron chi connectivity index (χ2n) is 6.48. The first-order valence-electron chi connectivity index (χ1n) is 8.84. The Morgan fingerprint density at radius 2 is 1.62 bits per heavy atom. The number of aromatic amines is 1. The van der Waals surface area contributed by atoms with Crippen LogP contribution in [-0.2, 0) is 6.42 Å². The van der Waals surface area contributed by atoms with E-state index in [0.29, 0.717) is 6.54 Å². The molecule has 130 valence electrons. The van der Waals surface area contributed by atoms with E-state index < -0.39 is 6.03 Å². The van der Waals surface area contributed by atoms with Crippen LogP contribution in [0, 0.1) is 0 Å². The zero-order chi connectivity index (χ0) is 17.9. The third-order valence-electron chi connectivity index (χ3n) is 4.76. The molecule has 3 aromatic carbocycles. The van der Waals surface area contributed by atoms with Crippen LogP contribution in [0.5, 0.6) is 0 Å². The maximum atomic E-state index is 12.0. The third-order valence-corrected chi connectivity index (χ3v) is 4.76. The van der Waals surface area contributed by atoms with E-state index >= 15 is 0 Å². The smallest absolute Gasteiger partial charge is 0.319 e. The second-order valence-corrected chi connectivity index (χ2v) is 6.48. The van der Waals surface area contributed by atoms with Crippen molar-refractivity contribution in [3.63, 3.8) is 0 Å². The predicted molar refractivity (Wildman–Crippen MR) is 107 cm³/mol. The van der Waals surface area contributed by atoms with E-state index in [1.165, 1.54) is 5.56 Å². The first-order valence-corrected chi connectivity index (χ1v) is 8.84. The summed E-state index contributed by atoms with van der Waals surface area (Å²) in [4.78, 5) is 17.1. The minimum Gasteiger partial charge on any atom is -0.355 e. The molecule has 0 aliphatic rings. The summed E-state index contributed by atoms with van der Waals surface area (Å²) in [5.74, 6) is 0. The van der Waals surface area contributed by atoms with Gasteiger partial charge in [-0.2, -0.15) is 0 Å². The molecular weight excluding hydrogens is 322 g/mol. The number of fused-ring (bicyclic) bond motifs is 3. The first kappa shape index (κ1) is 16.2. The standard InChI is InChI=1S/C22H21N3O/c23-22(26)25(14-6-9-16-7-2-1-3-8-16)17-12-13-21-19(15-17)18-10-4-5-11-20(18)24-21/h1-5,7-8,10-13,15,24H,6,9,14H2,(H2,23,26). The number of aromatic nitrogens is 1. The van der Waals surface area contributed by atoms with Gasteiger partial charge in [0.1, 0.15) is 0 Å². The number of nitrogens with one attached hydrogen (secondary N) is 1. The summed E-state index contributed by atoms with van der Waals surface area (Å²) in [6.07, 6.45) is 1.78. The van der Waals surface area contributed by atoms with E-state index in [2.05, 4.69) is 29.2 Å². The lowest BCUT2D eigenvalue weighted by Crippen LogP contribution is -2.36. The molecule has 3 N–H and O–H groups in total. The van der Waals surface area contributed by atoms with Crippen molar-refractivity contribution in [1.82, 2.24) is 4.98 Å². The van der Waals surface area contributed by atoms with Crippen molar-refractivity contribution in [2.75, 3.05) is 11.4 Å². The lowest BCUT2D eigenvalue weighted by Gasteiger charge is -2.20. The third kappa shape index (κ3) is 3.14. The van der Waals surface area contributed by atoms with Gasteiger partial charge in [0.15, 0.2) is 0 Å². The number of amides is 2. The van der Waals surface area contributed by atoms with Crippen molar-refractivity contribution < 1.29 is 4.79 Å². The maximum absolute atomic E-state index is 12.0. The number of H-pyrrole nitrogens is 1. The second kappa shape index (κ2) is 6.92. The van der Waals surface area contributed by atoms with Crippen LogP contribution in [0.4, 0.5) is 10.5 Å². The van der Waals surface area contributed by atoms with Gasteiger partial charge in [0.25, 0.3) is 0 Å². The maximum Gasteiger partial charge on any atom is 0.319 e. The number of benzene rings is 3. The van der Waals surface area contributed by atoms with E-state index in [1.807, 2.05) is 48.5 Å². The lowest BCUT2D eigenvalue weighted by molar-refractivity contribution is 0.254. The van der Waals surface area contributed by atoms with Crippen LogP contribution in [0.15, 0.2) is 72.8 Å². The Morgan fingerprint density at radius 3 is 2.42 bits per heavy atom. The predicted octanol–water partition coefficient (Wildman–Crippen LogP) is 4.84. The first-order chi connectivity index (χ1) is 12.7. The number of carbonyl (C=O) groups excluding carboxylic acids is 1. The molecule has 4 nitrogen and oxygen atoms in total. The molecule has 0 atom stereocenters. The Kier molecular flexibility index (Phi) is 4.32. The van der Waals surface area contributed by atoms with Crippen molar-refractivity contribution in [2.24, 2.45) is 5.73 Å². The minimum absolute atomic E-state index is 0.419. The van der Waals surface area contributed by atoms with Crippen LogP contribution < -0.4 is 10.6 Å². The number of primary amides is 1. The molecule has 0 unspecified atom stereocenters. The van der Waals surface area contributed by atoms with Gasteiger partial charge in [0.2, 0.25) is 0 Å². The minimum atomic E-state index is -0.419. The molecule has 0 saturated heterocycles. The summed E-state index contributed by atoms with van der Waals surface area (Å²) in [6, 6.07) is 24.0. The highest BCUT2D eigenvalue weighted by Gasteiger charge is 2.14. The fraction of sp³-hybridized carbons (Fsp3) is 0.136. The molecular formula is C22H21N3O. The average Bonchev–Trinajstić information content (AvgIpc) is 3.04. The molecule has 4 rings (SSSR count). The number of anilines is 1. The van der Waals surface area contributed by atoms with Gasteiger partial charge in [-0.05, 0) is 42.7 Å². The summed E-state index contributed by atoms with van der Waals surface area (Å²) in [6.45, 7) is 0.595. The summed E-state index contributed by atoms with van der Waals surface area (Å²) in [7, 11) is 0. The van der Waals surface area contributed by atoms with Crippen molar-refractivity contribution in [3.05, 3.63) is 78.4 Å². The molecule has 0 fully saturated rings. The molecule has 0 aliphatic heterocycles. The number of aryl methyl sites for hydroxylation is 1. The number of nitrogens with zero attached hydrogens (tertiary/aromatic N) is 1. The fourth-order valence-electron chi connectivity index (χ4n) is 3.46. The number of hydrogen-bond acceptors (Lipinski definition) is 1. The van der Waals surface area contributed by atoms with E-state index in [-0.39, 0.29) is 0 Å². The van der Waals surface area contributed by atoms with E-state index in [9.17, 15) is 4.79 Å². The van der Waals surface area contributed by atoms with Crippen LogP contribution in [0.3, 0.4) is 0 Å². The molecule has 2 amide bonds. The van der Waals surface area contributed by atoms with Gasteiger partial charge in [0.05, 0.1) is 0 Å². The van der Waals surface area contributed by atoms with Gasteiger partial charge in [-0.15, -0.1) is 0 Å². The highest BCUT2D eigenvalue weighted by molar-refractivity contribution is 6.09. The van der Waals surface area contributed by atoms with Crippen LogP contribution in [0.25, 0.3) is 21.8 Å². The van der Waals surface area contributed by atoms with Gasteiger partial charge in [0, 0.05) is 34.0 Å². The Hall–Kier alpha value is -3.27. The summed E-state index contributed by atoms with van der Waals surface area (Å²) < 4.78 is 0. The van der Waals surface area contributed by atoms with Crippen LogP contribution >= 0.6 is 0 Å². The summed E-state index contributed by atoms with van der Waals surface area (Å²) >= 11 is 0. The Labute approximate surface area is 152 Å². The molecule has 1 heterocycles. The quantitative estimate of drug-likeness (QED) is 0.535. The monoisotopic (exact) mass is 343 g/mol. The number of nitrogens with two attached hydrogens (primary N) is 1. The molecule has 0 spiro atoms. The van der Waals surface area contributed by atoms with Crippen LogP contribution in [0.1, 0.15) is 12.0 Å². The van der Waals surface area contributed by atoms with Crippen LogP contribution in [-0.4, -0.2) is 17.6 Å². The number of rotatable bonds is 5. The summed E-state index contributed by atoms with van der Waals surface area (Å²) in [5.41, 5.74) is 9.91. The van der Waals surface area contributed by atoms with Gasteiger partial charge >= 0.3 is 6.03 Å². The van der Waals surface area contributed by atoms with E-state index in [0.717, 1.165) is 40.3 Å². The molecule has 0 bridgehead atoms. The van der Waals surface area contributed by atoms with Gasteiger partial charge in [-0.25, -0.2) is 4.79 Å². The fourth-order valence-corrected chi connectivity index (χ4v) is 3.46. The van der Waals surface area contributed by atoms with Gasteiger partial charge in [-0.1, -0.05) is 48.5 Å². The zero-order valence-corrected chi connectivity index (χ0v) is 14.5. The number of para-hydroxylation sites is 1. The SMILES string of the molecule is NC(=O)N(CCCc1ccccc1)c1ccc2[nH]c3ccccc3c2c1. The number of carbonyl (C=O) groups is 1. The average molecular weight is 343 g/mol. The zero-order valence-electron chi connectivity index (χ0n) is 14.5. The summed E-state index contributed by atoms with van der Waals surface area (Å²) in [5, 5.41) is 2.26. The van der Waals surface area contributed by atoms with E-state index in [1.54, 1.807) is 4.90 Å². The highest BCUT2D eigenvalue weighted by atomic mass is 16.2. The molecule has 26 heavy (non-hydrogen) atoms. The number of urea groups is 1. The molecule has 4 aromatic rings. The van der Waals surface area contributed by atoms with Gasteiger partial charge < -0.3 is 10.7 Å². The Morgan fingerprint density at radius 1 is 0.885 bits per heavy atom. The Bertz CT molecular complexity index is 1050. The molecule has 0 saturated carbocycles. The topological polar surface area (TPSA) is 62.1 Å². The van der Waals surface area contributed by atoms with Crippen molar-refractivity contribution in [1.29, 1.82) is 0 Å². The molecule has 0 aliphatic carbocycles. The highest BCUT2D eigenvalue weighted by Crippen LogP contribution is 2.29. The van der Waals surface area contributed by atoms with Gasteiger partial charge in [-0.3, -0.25) is 4.90 Å². The Balaban J connectivity index is 1.59.